The molecule has 0 unspecified atom stereocenters. The zero-order chi connectivity index (χ0) is 47.6. The summed E-state index contributed by atoms with van der Waals surface area (Å²) >= 11 is 0. The smallest absolute Gasteiger partial charge is 0.135 e. The van der Waals surface area contributed by atoms with Crippen molar-refractivity contribution in [3.63, 3.8) is 0 Å². The Kier molecular flexibility index (Phi) is 4.36. The summed E-state index contributed by atoms with van der Waals surface area (Å²) in [4.78, 5) is 0. The summed E-state index contributed by atoms with van der Waals surface area (Å²) in [6.07, 6.45) is 0. The van der Waals surface area contributed by atoms with Gasteiger partial charge in [0.05, 0.1) is 16.4 Å². The summed E-state index contributed by atoms with van der Waals surface area (Å²) in [6.45, 7) is 0. The van der Waals surface area contributed by atoms with Gasteiger partial charge < -0.3 is 4.42 Å². The van der Waals surface area contributed by atoms with Crippen LogP contribution in [0.25, 0.3) is 131 Å². The van der Waals surface area contributed by atoms with Gasteiger partial charge in [0, 0.05) is 10.8 Å². The molecule has 0 fully saturated rings. The minimum Gasteiger partial charge on any atom is -0.456 e. The normalized spacial score (nSPS) is 15.2. The Labute approximate surface area is 345 Å². The van der Waals surface area contributed by atoms with Crippen LogP contribution in [0.5, 0.6) is 0 Å². The highest BCUT2D eigenvalue weighted by atomic mass is 16.3. The van der Waals surface area contributed by atoms with Crippen molar-refractivity contribution in [1.82, 2.24) is 0 Å². The van der Waals surface area contributed by atoms with Crippen LogP contribution in [0.4, 0.5) is 0 Å². The first-order chi connectivity index (χ1) is 33.2. The maximum Gasteiger partial charge on any atom is 0.135 e. The van der Waals surface area contributed by atoms with Crippen LogP contribution in [-0.4, -0.2) is 0 Å². The molecule has 0 radical (unpaired) electrons. The third-order valence-corrected chi connectivity index (χ3v) is 11.7. The van der Waals surface area contributed by atoms with Gasteiger partial charge in [-0.15, -0.1) is 0 Å². The number of fused-ring (bicyclic) bond motifs is 3. The van der Waals surface area contributed by atoms with Gasteiger partial charge in [-0.05, 0) is 139 Å². The van der Waals surface area contributed by atoms with Crippen molar-refractivity contribution in [2.45, 2.75) is 0 Å². The number of benzene rings is 12. The van der Waals surface area contributed by atoms with E-state index in [1.165, 1.54) is 0 Å². The highest BCUT2D eigenvalue weighted by Gasteiger charge is 2.22. The molecule has 0 atom stereocenters. The third-order valence-electron chi connectivity index (χ3n) is 11.7. The molecule has 0 aliphatic carbocycles. The molecule has 1 heterocycles. The van der Waals surface area contributed by atoms with Gasteiger partial charge in [0.25, 0.3) is 0 Å². The molecule has 57 heavy (non-hydrogen) atoms. The molecule has 0 saturated carbocycles. The zero-order valence-electron chi connectivity index (χ0n) is 42.0. The highest BCUT2D eigenvalue weighted by Crippen LogP contribution is 2.49. The van der Waals surface area contributed by atoms with Crippen molar-refractivity contribution < 1.29 is 20.9 Å². The summed E-state index contributed by atoms with van der Waals surface area (Å²) in [7, 11) is 0. The van der Waals surface area contributed by atoms with E-state index in [-0.39, 0.29) is 50.2 Å². The van der Waals surface area contributed by atoms with E-state index in [1.807, 2.05) is 54.6 Å². The fraction of sp³-hybridized carbons (Fsp3) is 0. The predicted octanol–water partition coefficient (Wildman–Crippen LogP) is 16.0. The predicted molar refractivity (Wildman–Crippen MR) is 243 cm³/mol. The maximum absolute atomic E-state index is 10.0. The lowest BCUT2D eigenvalue weighted by Crippen LogP contribution is -1.95. The van der Waals surface area contributed by atoms with Crippen molar-refractivity contribution in [2.24, 2.45) is 0 Å². The van der Waals surface area contributed by atoms with Crippen molar-refractivity contribution in [1.29, 1.82) is 0 Å². The Morgan fingerprint density at radius 2 is 0.789 bits per heavy atom. The van der Waals surface area contributed by atoms with Crippen LogP contribution < -0.4 is 0 Å². The minimum atomic E-state index is -0.564. The molecule has 0 aliphatic rings. The molecule has 0 spiro atoms. The second-order valence-electron chi connectivity index (χ2n) is 14.6. The second-order valence-corrected chi connectivity index (χ2v) is 14.6. The van der Waals surface area contributed by atoms with Crippen molar-refractivity contribution >= 4 is 86.6 Å². The molecule has 1 aromatic heterocycles. The summed E-state index contributed by atoms with van der Waals surface area (Å²) in [5.74, 6) is 0. The Morgan fingerprint density at radius 1 is 0.316 bits per heavy atom. The molecule has 13 rings (SSSR count). The first-order valence-electron chi connectivity index (χ1n) is 24.8. The Hall–Kier alpha value is -7.48. The lowest BCUT2D eigenvalue weighted by Gasteiger charge is -2.22. The molecule has 0 saturated heterocycles. The fourth-order valence-corrected chi connectivity index (χ4v) is 9.22. The minimum absolute atomic E-state index is 0.0705. The van der Waals surface area contributed by atoms with Gasteiger partial charge in [-0.3, -0.25) is 0 Å². The van der Waals surface area contributed by atoms with Crippen LogP contribution in [0.2, 0.25) is 0 Å². The molecule has 0 N–H and O–H groups in total. The van der Waals surface area contributed by atoms with E-state index in [0.29, 0.717) is 22.3 Å². The lowest BCUT2D eigenvalue weighted by molar-refractivity contribution is 0.669. The van der Waals surface area contributed by atoms with Gasteiger partial charge in [0.15, 0.2) is 0 Å². The number of hydrogen-bond donors (Lipinski definition) is 0. The standard InChI is InChI=1S/C56H32O/c1-2-8-33(9-3-1)46-31-47(40-24-29-52-50(30-40)43-14-4-5-15-51(43)57-52)49(42-26-21-39-19-17-35-11-7-13-37-23-28-45(42)56(39)54(35)37)32-48(46)41-25-20-38-18-16-34-10-6-12-36-22-27-44(41)55(38)53(34)36/h1-32H/i1D,2D,3D,4D,5D,8D,9D,14D,15D,24D,29D,30D. The maximum atomic E-state index is 10.0. The van der Waals surface area contributed by atoms with Crippen LogP contribution in [0.3, 0.4) is 0 Å². The third kappa shape index (κ3) is 4.40. The van der Waals surface area contributed by atoms with Gasteiger partial charge in [-0.1, -0.05) is 164 Å². The summed E-state index contributed by atoms with van der Waals surface area (Å²) in [5, 5.41) is 11.8. The Morgan fingerprint density at radius 3 is 1.40 bits per heavy atom. The summed E-state index contributed by atoms with van der Waals surface area (Å²) < 4.78 is 115. The SMILES string of the molecule is [2H]c1c([2H])c([2H])c(-c2cc(-c3c([2H])c([2H])c4oc5c([2H])c([2H])c([2H])c([2H])c5c4c3[2H])c(-c3ccc4ccc5cccc6ccc3c4c56)cc2-c2ccc3ccc4cccc5ccc2c3c45)c([2H])c1[2H]. The van der Waals surface area contributed by atoms with E-state index in [4.69, 9.17) is 14.0 Å². The number of para-hydroxylation sites is 1. The first-order valence-corrected chi connectivity index (χ1v) is 18.8. The van der Waals surface area contributed by atoms with E-state index in [9.17, 15) is 6.85 Å². The van der Waals surface area contributed by atoms with E-state index in [1.54, 1.807) is 6.07 Å². The van der Waals surface area contributed by atoms with Gasteiger partial charge >= 0.3 is 0 Å². The molecule has 0 aliphatic heterocycles. The zero-order valence-corrected chi connectivity index (χ0v) is 30.0. The number of furan rings is 1. The fourth-order valence-electron chi connectivity index (χ4n) is 9.22. The van der Waals surface area contributed by atoms with Crippen LogP contribution in [0.15, 0.2) is 198 Å². The van der Waals surface area contributed by atoms with Crippen molar-refractivity contribution in [3.8, 4) is 44.5 Å². The molecular formula is C56H32O. The van der Waals surface area contributed by atoms with E-state index in [2.05, 4.69) is 60.7 Å². The molecule has 0 amide bonds. The van der Waals surface area contributed by atoms with Crippen molar-refractivity contribution in [2.75, 3.05) is 0 Å². The first kappa shape index (κ1) is 21.6. The number of rotatable bonds is 4. The average Bonchev–Trinajstić information content (AvgIpc) is 3.78. The van der Waals surface area contributed by atoms with Crippen LogP contribution >= 0.6 is 0 Å². The van der Waals surface area contributed by atoms with Gasteiger partial charge in [-0.25, -0.2) is 0 Å². The average molecular weight is 733 g/mol. The molecular weight excluding hydrogens is 689 g/mol. The lowest BCUT2D eigenvalue weighted by atomic mass is 9.81. The number of hydrogen-bond acceptors (Lipinski definition) is 1. The molecule has 1 heteroatoms. The van der Waals surface area contributed by atoms with E-state index in [0.717, 1.165) is 64.6 Å². The molecule has 12 aromatic carbocycles. The molecule has 1 nitrogen and oxygen atoms in total. The Bertz CT molecular complexity index is 4400. The van der Waals surface area contributed by atoms with Crippen LogP contribution in [0.1, 0.15) is 16.4 Å². The highest BCUT2D eigenvalue weighted by molar-refractivity contribution is 6.28. The van der Waals surface area contributed by atoms with Crippen LogP contribution in [0, 0.1) is 0 Å². The monoisotopic (exact) mass is 732 g/mol. The van der Waals surface area contributed by atoms with Crippen molar-refractivity contribution in [3.05, 3.63) is 194 Å². The summed E-state index contributed by atoms with van der Waals surface area (Å²) in [5.41, 5.74) is 2.24. The second kappa shape index (κ2) is 11.5. The van der Waals surface area contributed by atoms with Gasteiger partial charge in [0.2, 0.25) is 0 Å². The summed E-state index contributed by atoms with van der Waals surface area (Å²) in [6, 6.07) is 34.6. The largest absolute Gasteiger partial charge is 0.456 e. The quantitative estimate of drug-likeness (QED) is 0.164. The molecule has 13 aromatic rings. The molecule has 262 valence electrons. The van der Waals surface area contributed by atoms with Crippen LogP contribution in [-0.2, 0) is 0 Å². The topological polar surface area (TPSA) is 13.1 Å². The molecule has 0 bridgehead atoms. The Balaban J connectivity index is 1.25. The van der Waals surface area contributed by atoms with Gasteiger partial charge in [-0.2, -0.15) is 0 Å². The van der Waals surface area contributed by atoms with E-state index < -0.39 is 66.5 Å². The van der Waals surface area contributed by atoms with E-state index >= 15 is 0 Å². The van der Waals surface area contributed by atoms with Gasteiger partial charge in [0.1, 0.15) is 11.2 Å².